The highest BCUT2D eigenvalue weighted by atomic mass is 35.5. The fourth-order valence-electron chi connectivity index (χ4n) is 3.15. The number of ether oxygens (including phenoxy) is 2. The van der Waals surface area contributed by atoms with E-state index in [1.807, 2.05) is 26.0 Å². The van der Waals surface area contributed by atoms with Crippen LogP contribution in [0.1, 0.15) is 35.8 Å². The number of carbonyl (C=O) groups excluding carboxylic acids is 2. The topological polar surface area (TPSA) is 94.5 Å². The number of benzene rings is 2. The maximum Gasteiger partial charge on any atom is 0.411 e. The first-order valence-electron chi connectivity index (χ1n) is 10.1. The van der Waals surface area contributed by atoms with Gasteiger partial charge in [0.1, 0.15) is 6.61 Å². The van der Waals surface area contributed by atoms with Crippen LogP contribution in [0.25, 0.3) is 5.69 Å². The van der Waals surface area contributed by atoms with Gasteiger partial charge in [0.25, 0.3) is 5.91 Å². The van der Waals surface area contributed by atoms with E-state index in [1.54, 1.807) is 47.3 Å². The van der Waals surface area contributed by atoms with Crippen LogP contribution in [0.4, 0.5) is 16.2 Å². The molecule has 3 rings (SSSR count). The van der Waals surface area contributed by atoms with E-state index in [0.29, 0.717) is 28.6 Å². The molecule has 0 radical (unpaired) electrons. The average molecular weight is 457 g/mol. The molecule has 168 valence electrons. The molecule has 2 N–H and O–H groups in total. The zero-order valence-electron chi connectivity index (χ0n) is 18.1. The fourth-order valence-corrected chi connectivity index (χ4v) is 3.33. The second-order valence-electron chi connectivity index (χ2n) is 7.28. The van der Waals surface area contributed by atoms with Gasteiger partial charge in [-0.1, -0.05) is 37.6 Å². The molecule has 2 amide bonds. The van der Waals surface area contributed by atoms with Crippen LogP contribution < -0.4 is 10.6 Å². The summed E-state index contributed by atoms with van der Waals surface area (Å²) in [5.41, 5.74) is 3.01. The third-order valence-corrected chi connectivity index (χ3v) is 4.77. The molecule has 0 fully saturated rings. The van der Waals surface area contributed by atoms with Gasteiger partial charge in [0.2, 0.25) is 0 Å². The number of halogens is 1. The van der Waals surface area contributed by atoms with Crippen LogP contribution in [0.15, 0.2) is 54.7 Å². The molecule has 1 aromatic heterocycles. The molecule has 0 spiro atoms. The maximum atomic E-state index is 13.0. The van der Waals surface area contributed by atoms with Crippen molar-refractivity contribution in [2.24, 2.45) is 0 Å². The van der Waals surface area contributed by atoms with E-state index in [1.165, 1.54) is 7.11 Å². The van der Waals surface area contributed by atoms with Gasteiger partial charge < -0.3 is 14.8 Å². The molecule has 0 aliphatic carbocycles. The van der Waals surface area contributed by atoms with Crippen molar-refractivity contribution in [1.29, 1.82) is 0 Å². The van der Waals surface area contributed by atoms with Crippen molar-refractivity contribution in [2.75, 3.05) is 31.0 Å². The van der Waals surface area contributed by atoms with Crippen molar-refractivity contribution in [3.63, 3.8) is 0 Å². The predicted molar refractivity (Wildman–Crippen MR) is 124 cm³/mol. The second kappa shape index (κ2) is 10.8. The van der Waals surface area contributed by atoms with Crippen molar-refractivity contribution in [3.05, 3.63) is 71.0 Å². The summed E-state index contributed by atoms with van der Waals surface area (Å²) in [6.45, 7) is 4.45. The van der Waals surface area contributed by atoms with Gasteiger partial charge in [-0.3, -0.25) is 10.1 Å². The Morgan fingerprint density at radius 1 is 1.06 bits per heavy atom. The van der Waals surface area contributed by atoms with E-state index in [0.717, 1.165) is 11.4 Å². The SMILES string of the molecule is COCCOC(=O)Nc1cccc(NC(=O)c2cnn(-c3cccc(Cl)c3)c2C(C)C)c1. The lowest BCUT2D eigenvalue weighted by atomic mass is 10.0. The Bertz CT molecular complexity index is 1100. The van der Waals surface area contributed by atoms with Crippen molar-refractivity contribution in [3.8, 4) is 5.69 Å². The number of methoxy groups -OCH3 is 1. The summed E-state index contributed by atoms with van der Waals surface area (Å²) < 4.78 is 11.6. The third-order valence-electron chi connectivity index (χ3n) is 4.54. The van der Waals surface area contributed by atoms with Crippen LogP contribution >= 0.6 is 11.6 Å². The summed E-state index contributed by atoms with van der Waals surface area (Å²) in [6, 6.07) is 14.1. The number of hydrogen-bond acceptors (Lipinski definition) is 5. The van der Waals surface area contributed by atoms with Gasteiger partial charge in [0.15, 0.2) is 0 Å². The van der Waals surface area contributed by atoms with Crippen LogP contribution in [0.2, 0.25) is 5.02 Å². The lowest BCUT2D eigenvalue weighted by Gasteiger charge is -2.13. The van der Waals surface area contributed by atoms with Crippen LogP contribution in [0.3, 0.4) is 0 Å². The Morgan fingerprint density at radius 3 is 2.47 bits per heavy atom. The predicted octanol–water partition coefficient (Wildman–Crippen LogP) is 5.10. The molecule has 0 saturated carbocycles. The molecule has 2 aromatic carbocycles. The molecule has 32 heavy (non-hydrogen) atoms. The van der Waals surface area contributed by atoms with Crippen LogP contribution in [0.5, 0.6) is 0 Å². The molecule has 0 bridgehead atoms. The molecule has 9 heteroatoms. The zero-order chi connectivity index (χ0) is 23.1. The second-order valence-corrected chi connectivity index (χ2v) is 7.71. The smallest absolute Gasteiger partial charge is 0.411 e. The molecule has 0 saturated heterocycles. The lowest BCUT2D eigenvalue weighted by molar-refractivity contribution is 0.102. The highest BCUT2D eigenvalue weighted by Gasteiger charge is 2.21. The molecule has 0 aliphatic heterocycles. The van der Waals surface area contributed by atoms with Crippen molar-refractivity contribution in [2.45, 2.75) is 19.8 Å². The Hall–Kier alpha value is -3.36. The van der Waals surface area contributed by atoms with Crippen molar-refractivity contribution in [1.82, 2.24) is 9.78 Å². The summed E-state index contributed by atoms with van der Waals surface area (Å²) in [6.07, 6.45) is 0.941. The van der Waals surface area contributed by atoms with Gasteiger partial charge in [-0.25, -0.2) is 9.48 Å². The van der Waals surface area contributed by atoms with Gasteiger partial charge in [0.05, 0.1) is 29.7 Å². The van der Waals surface area contributed by atoms with Crippen molar-refractivity contribution < 1.29 is 19.1 Å². The summed E-state index contributed by atoms with van der Waals surface area (Å²) in [7, 11) is 1.52. The third kappa shape index (κ3) is 5.87. The summed E-state index contributed by atoms with van der Waals surface area (Å²) >= 11 is 6.12. The van der Waals surface area contributed by atoms with Gasteiger partial charge in [-0.2, -0.15) is 5.10 Å². The summed E-state index contributed by atoms with van der Waals surface area (Å²) in [5, 5.41) is 10.5. The fraction of sp³-hybridized carbons (Fsp3) is 0.261. The van der Waals surface area contributed by atoms with Crippen LogP contribution in [-0.4, -0.2) is 42.1 Å². The largest absolute Gasteiger partial charge is 0.447 e. The van der Waals surface area contributed by atoms with Gasteiger partial charge in [-0.15, -0.1) is 0 Å². The van der Waals surface area contributed by atoms with Gasteiger partial charge in [0, 0.05) is 23.5 Å². The monoisotopic (exact) mass is 456 g/mol. The Labute approximate surface area is 191 Å². The highest BCUT2D eigenvalue weighted by molar-refractivity contribution is 6.30. The molecule has 8 nitrogen and oxygen atoms in total. The van der Waals surface area contributed by atoms with E-state index in [9.17, 15) is 9.59 Å². The quantitative estimate of drug-likeness (QED) is 0.460. The number of carbonyl (C=O) groups is 2. The number of nitrogens with zero attached hydrogens (tertiary/aromatic N) is 2. The Balaban J connectivity index is 1.77. The van der Waals surface area contributed by atoms with E-state index < -0.39 is 6.09 Å². The zero-order valence-corrected chi connectivity index (χ0v) is 18.8. The molecular formula is C23H25ClN4O4. The molecule has 1 heterocycles. The first-order chi connectivity index (χ1) is 15.4. The summed E-state index contributed by atoms with van der Waals surface area (Å²) in [5.74, 6) is -0.270. The first kappa shape index (κ1) is 23.3. The maximum absolute atomic E-state index is 13.0. The first-order valence-corrected chi connectivity index (χ1v) is 10.4. The van der Waals surface area contributed by atoms with Crippen LogP contribution in [0, 0.1) is 0 Å². The average Bonchev–Trinajstić information content (AvgIpc) is 3.20. The minimum Gasteiger partial charge on any atom is -0.447 e. The van der Waals surface area contributed by atoms with Gasteiger partial charge >= 0.3 is 6.09 Å². The van der Waals surface area contributed by atoms with E-state index in [2.05, 4.69) is 15.7 Å². The molecule has 0 unspecified atom stereocenters. The molecule has 0 atom stereocenters. The minimum absolute atomic E-state index is 0.0344. The highest BCUT2D eigenvalue weighted by Crippen LogP contribution is 2.25. The normalized spacial score (nSPS) is 10.8. The molecular weight excluding hydrogens is 432 g/mol. The molecule has 0 aliphatic rings. The number of rotatable bonds is 8. The lowest BCUT2D eigenvalue weighted by Crippen LogP contribution is -2.17. The van der Waals surface area contributed by atoms with E-state index >= 15 is 0 Å². The van der Waals surface area contributed by atoms with Crippen molar-refractivity contribution >= 4 is 35.0 Å². The standard InChI is InChI=1S/C23H25ClN4O4/c1-15(2)21-20(14-25-28(21)19-9-4-6-16(24)12-19)22(29)26-17-7-5-8-18(13-17)27-23(30)32-11-10-31-3/h4-9,12-15H,10-11H2,1-3H3,(H,26,29)(H,27,30). The number of amides is 2. The number of anilines is 2. The van der Waals surface area contributed by atoms with E-state index in [4.69, 9.17) is 21.1 Å². The number of nitrogens with one attached hydrogen (secondary N) is 2. The van der Waals surface area contributed by atoms with Crippen LogP contribution in [-0.2, 0) is 9.47 Å². The Morgan fingerprint density at radius 2 is 1.78 bits per heavy atom. The molecule has 3 aromatic rings. The summed E-state index contributed by atoms with van der Waals surface area (Å²) in [4.78, 5) is 24.9. The van der Waals surface area contributed by atoms with E-state index in [-0.39, 0.29) is 18.4 Å². The Kier molecular flexibility index (Phi) is 7.86. The minimum atomic E-state index is -0.601. The van der Waals surface area contributed by atoms with Gasteiger partial charge in [-0.05, 0) is 42.3 Å². The number of aromatic nitrogens is 2. The number of hydrogen-bond donors (Lipinski definition) is 2.